The van der Waals surface area contributed by atoms with Gasteiger partial charge in [-0.2, -0.15) is 0 Å². The van der Waals surface area contributed by atoms with Crippen molar-refractivity contribution in [1.29, 1.82) is 0 Å². The summed E-state index contributed by atoms with van der Waals surface area (Å²) in [5.74, 6) is 1.39. The summed E-state index contributed by atoms with van der Waals surface area (Å²) in [6.07, 6.45) is 1.69. The smallest absolute Gasteiger partial charge is 0.144 e. The highest BCUT2D eigenvalue weighted by molar-refractivity contribution is 9.10. The van der Waals surface area contributed by atoms with E-state index in [1.807, 2.05) is 18.2 Å². The molecule has 0 aliphatic rings. The predicted octanol–water partition coefficient (Wildman–Crippen LogP) is 3.57. The Balaban J connectivity index is 1.81. The molecule has 6 heteroatoms. The Hall–Kier alpha value is -1.46. The zero-order valence-electron chi connectivity index (χ0n) is 10.1. The Morgan fingerprint density at radius 2 is 2.21 bits per heavy atom. The molecule has 1 aromatic heterocycles. The van der Waals surface area contributed by atoms with Crippen LogP contribution in [0.3, 0.4) is 0 Å². The molecule has 19 heavy (non-hydrogen) atoms. The van der Waals surface area contributed by atoms with Crippen molar-refractivity contribution in [2.75, 3.05) is 24.2 Å². The summed E-state index contributed by atoms with van der Waals surface area (Å²) in [6.45, 7) is 1.10. The molecule has 0 bridgehead atoms. The minimum atomic E-state index is 0.498. The van der Waals surface area contributed by atoms with Crippen molar-refractivity contribution < 1.29 is 4.74 Å². The predicted molar refractivity (Wildman–Crippen MR) is 81.8 cm³/mol. The van der Waals surface area contributed by atoms with E-state index in [1.165, 1.54) is 0 Å². The van der Waals surface area contributed by atoms with Gasteiger partial charge >= 0.3 is 0 Å². The van der Waals surface area contributed by atoms with Crippen molar-refractivity contribution in [3.8, 4) is 5.75 Å². The van der Waals surface area contributed by atoms with Crippen LogP contribution in [0.4, 0.5) is 11.5 Å². The molecule has 0 saturated heterocycles. The molecular formula is C13H13BrClN3O. The average molecular weight is 343 g/mol. The fraction of sp³-hybridized carbons (Fsp3) is 0.154. The molecule has 100 valence electrons. The van der Waals surface area contributed by atoms with Gasteiger partial charge in [-0.15, -0.1) is 0 Å². The van der Waals surface area contributed by atoms with E-state index in [4.69, 9.17) is 22.1 Å². The monoisotopic (exact) mass is 341 g/mol. The number of hydrogen-bond donors (Lipinski definition) is 2. The van der Waals surface area contributed by atoms with E-state index >= 15 is 0 Å². The van der Waals surface area contributed by atoms with Gasteiger partial charge in [-0.3, -0.25) is 0 Å². The van der Waals surface area contributed by atoms with Gasteiger partial charge in [0, 0.05) is 22.4 Å². The van der Waals surface area contributed by atoms with Crippen LogP contribution >= 0.6 is 27.5 Å². The lowest BCUT2D eigenvalue weighted by molar-refractivity contribution is 0.333. The SMILES string of the molecule is Nc1cccc(OCCNc2ncc(Br)cc2Cl)c1. The number of ether oxygens (including phenoxy) is 1. The topological polar surface area (TPSA) is 60.2 Å². The maximum atomic E-state index is 6.03. The Morgan fingerprint density at radius 3 is 2.95 bits per heavy atom. The van der Waals surface area contributed by atoms with Crippen molar-refractivity contribution in [2.24, 2.45) is 0 Å². The fourth-order valence-corrected chi connectivity index (χ4v) is 2.18. The normalized spacial score (nSPS) is 10.2. The molecule has 0 saturated carbocycles. The van der Waals surface area contributed by atoms with Crippen LogP contribution < -0.4 is 15.8 Å². The highest BCUT2D eigenvalue weighted by Crippen LogP contribution is 2.22. The largest absolute Gasteiger partial charge is 0.492 e. The van der Waals surface area contributed by atoms with Gasteiger partial charge in [0.25, 0.3) is 0 Å². The standard InChI is InChI=1S/C13H13BrClN3O/c14-9-6-12(15)13(18-8-9)17-4-5-19-11-3-1-2-10(16)7-11/h1-3,6-8H,4-5,16H2,(H,17,18). The van der Waals surface area contributed by atoms with Crippen LogP contribution in [-0.4, -0.2) is 18.1 Å². The van der Waals surface area contributed by atoms with E-state index < -0.39 is 0 Å². The van der Waals surface area contributed by atoms with Gasteiger partial charge in [0.2, 0.25) is 0 Å². The van der Waals surface area contributed by atoms with Crippen molar-refractivity contribution >= 4 is 39.0 Å². The molecule has 0 unspecified atom stereocenters. The Morgan fingerprint density at radius 1 is 1.37 bits per heavy atom. The highest BCUT2D eigenvalue weighted by Gasteiger charge is 2.02. The van der Waals surface area contributed by atoms with Crippen molar-refractivity contribution in [3.63, 3.8) is 0 Å². The summed E-state index contributed by atoms with van der Waals surface area (Å²) in [4.78, 5) is 4.17. The first-order valence-corrected chi connectivity index (χ1v) is 6.85. The number of aromatic nitrogens is 1. The van der Waals surface area contributed by atoms with E-state index in [2.05, 4.69) is 26.2 Å². The second kappa shape index (κ2) is 6.63. The summed E-state index contributed by atoms with van der Waals surface area (Å²) >= 11 is 9.34. The molecular weight excluding hydrogens is 330 g/mol. The lowest BCUT2D eigenvalue weighted by Gasteiger charge is -2.09. The molecule has 0 aliphatic carbocycles. The molecule has 0 fully saturated rings. The number of rotatable bonds is 5. The van der Waals surface area contributed by atoms with Crippen LogP contribution in [0.15, 0.2) is 41.0 Å². The van der Waals surface area contributed by atoms with E-state index in [9.17, 15) is 0 Å². The molecule has 1 aromatic carbocycles. The lowest BCUT2D eigenvalue weighted by Crippen LogP contribution is -2.12. The molecule has 0 radical (unpaired) electrons. The number of nitrogen functional groups attached to an aromatic ring is 1. The molecule has 3 N–H and O–H groups in total. The number of nitrogens with two attached hydrogens (primary N) is 1. The first-order valence-electron chi connectivity index (χ1n) is 5.68. The number of anilines is 2. The molecule has 0 aliphatic heterocycles. The maximum absolute atomic E-state index is 6.03. The molecule has 2 aromatic rings. The molecule has 4 nitrogen and oxygen atoms in total. The second-order valence-electron chi connectivity index (χ2n) is 3.83. The van der Waals surface area contributed by atoms with Crippen molar-refractivity contribution in [3.05, 3.63) is 46.0 Å². The van der Waals surface area contributed by atoms with Crippen LogP contribution in [0.5, 0.6) is 5.75 Å². The number of benzene rings is 1. The third kappa shape index (κ3) is 4.29. The maximum Gasteiger partial charge on any atom is 0.144 e. The summed E-state index contributed by atoms with van der Waals surface area (Å²) in [5, 5.41) is 3.67. The number of halogens is 2. The van der Waals surface area contributed by atoms with E-state index in [1.54, 1.807) is 18.3 Å². The van der Waals surface area contributed by atoms with Gasteiger partial charge in [0.15, 0.2) is 0 Å². The van der Waals surface area contributed by atoms with Crippen LogP contribution in [0, 0.1) is 0 Å². The van der Waals surface area contributed by atoms with Gasteiger partial charge in [0.05, 0.1) is 11.6 Å². The zero-order valence-corrected chi connectivity index (χ0v) is 12.4. The third-order valence-electron chi connectivity index (χ3n) is 2.33. The third-order valence-corrected chi connectivity index (χ3v) is 3.05. The van der Waals surface area contributed by atoms with Crippen LogP contribution in [0.25, 0.3) is 0 Å². The average Bonchev–Trinajstić information content (AvgIpc) is 2.37. The van der Waals surface area contributed by atoms with Crippen molar-refractivity contribution in [1.82, 2.24) is 4.98 Å². The number of pyridine rings is 1. The molecule has 1 heterocycles. The molecule has 0 amide bonds. The number of nitrogens with one attached hydrogen (secondary N) is 1. The molecule has 0 atom stereocenters. The summed E-state index contributed by atoms with van der Waals surface area (Å²) in [6, 6.07) is 9.10. The minimum absolute atomic E-state index is 0.498. The summed E-state index contributed by atoms with van der Waals surface area (Å²) in [5.41, 5.74) is 6.34. The van der Waals surface area contributed by atoms with Gasteiger partial charge in [-0.1, -0.05) is 17.7 Å². The molecule has 2 rings (SSSR count). The fourth-order valence-electron chi connectivity index (χ4n) is 1.49. The Bertz CT molecular complexity index is 565. The van der Waals surface area contributed by atoms with Crippen LogP contribution in [0.1, 0.15) is 0 Å². The van der Waals surface area contributed by atoms with Crippen molar-refractivity contribution in [2.45, 2.75) is 0 Å². The van der Waals surface area contributed by atoms with Crippen LogP contribution in [-0.2, 0) is 0 Å². The van der Waals surface area contributed by atoms with Gasteiger partial charge in [-0.05, 0) is 34.1 Å². The summed E-state index contributed by atoms with van der Waals surface area (Å²) in [7, 11) is 0. The van der Waals surface area contributed by atoms with E-state index in [0.29, 0.717) is 29.7 Å². The second-order valence-corrected chi connectivity index (χ2v) is 5.15. The number of hydrogen-bond acceptors (Lipinski definition) is 4. The lowest BCUT2D eigenvalue weighted by atomic mass is 10.3. The highest BCUT2D eigenvalue weighted by atomic mass is 79.9. The quantitative estimate of drug-likeness (QED) is 0.644. The van der Waals surface area contributed by atoms with E-state index in [0.717, 1.165) is 10.2 Å². The molecule has 0 spiro atoms. The van der Waals surface area contributed by atoms with Crippen LogP contribution in [0.2, 0.25) is 5.02 Å². The number of nitrogens with zero attached hydrogens (tertiary/aromatic N) is 1. The van der Waals surface area contributed by atoms with Gasteiger partial charge < -0.3 is 15.8 Å². The zero-order chi connectivity index (χ0) is 13.7. The Labute approximate surface area is 125 Å². The van der Waals surface area contributed by atoms with Gasteiger partial charge in [-0.25, -0.2) is 4.98 Å². The Kier molecular flexibility index (Phi) is 4.87. The first kappa shape index (κ1) is 14.0. The first-order chi connectivity index (χ1) is 9.15. The minimum Gasteiger partial charge on any atom is -0.492 e. The summed E-state index contributed by atoms with van der Waals surface area (Å²) < 4.78 is 6.40. The van der Waals surface area contributed by atoms with E-state index in [-0.39, 0.29) is 0 Å². The van der Waals surface area contributed by atoms with Gasteiger partial charge in [0.1, 0.15) is 18.2 Å².